The zero-order valence-electron chi connectivity index (χ0n) is 16.9. The lowest BCUT2D eigenvalue weighted by Gasteiger charge is -2.22. The minimum Gasteiger partial charge on any atom is -0.405 e. The van der Waals surface area contributed by atoms with Gasteiger partial charge in [0.2, 0.25) is 5.43 Å². The second-order valence-corrected chi connectivity index (χ2v) is 7.26. The molecule has 1 saturated heterocycles. The van der Waals surface area contributed by atoms with Gasteiger partial charge in [0.1, 0.15) is 11.5 Å². The first-order chi connectivity index (χ1) is 15.2. The van der Waals surface area contributed by atoms with Crippen molar-refractivity contribution in [1.82, 2.24) is 9.78 Å². The van der Waals surface area contributed by atoms with E-state index in [0.29, 0.717) is 24.6 Å². The Hall–Kier alpha value is -3.58. The van der Waals surface area contributed by atoms with Gasteiger partial charge in [-0.05, 0) is 60.9 Å². The Kier molecular flexibility index (Phi) is 6.33. The van der Waals surface area contributed by atoms with Crippen molar-refractivity contribution >= 4 is 11.4 Å². The maximum absolute atomic E-state index is 15.0. The molecule has 0 radical (unpaired) electrons. The van der Waals surface area contributed by atoms with E-state index in [1.807, 2.05) is 24.3 Å². The van der Waals surface area contributed by atoms with Gasteiger partial charge in [0.15, 0.2) is 5.69 Å². The quantitative estimate of drug-likeness (QED) is 0.638. The molecule has 4 rings (SSSR count). The first-order valence-electron chi connectivity index (χ1n) is 10.2. The lowest BCUT2D eigenvalue weighted by atomic mass is 9.91. The summed E-state index contributed by atoms with van der Waals surface area (Å²) in [7, 11) is 0. The van der Waals surface area contributed by atoms with Crippen molar-refractivity contribution in [2.45, 2.75) is 18.8 Å². The molecule has 0 aliphatic carbocycles. The minimum absolute atomic E-state index is 0.0842. The molecular weight excluding hydrogens is 395 g/mol. The predicted molar refractivity (Wildman–Crippen MR) is 119 cm³/mol. The number of benzene rings is 2. The molecule has 1 fully saturated rings. The Morgan fingerprint density at radius 1 is 1.16 bits per heavy atom. The average Bonchev–Trinajstić information content (AvgIpc) is 2.80. The van der Waals surface area contributed by atoms with Gasteiger partial charge in [0, 0.05) is 25.5 Å². The van der Waals surface area contributed by atoms with Crippen molar-refractivity contribution in [3.05, 3.63) is 100 Å². The fourth-order valence-corrected chi connectivity index (χ4v) is 3.61. The van der Waals surface area contributed by atoms with Crippen molar-refractivity contribution in [3.63, 3.8) is 0 Å². The second-order valence-electron chi connectivity index (χ2n) is 7.26. The molecule has 2 heterocycles. The number of aromatic nitrogens is 2. The van der Waals surface area contributed by atoms with Gasteiger partial charge in [-0.2, -0.15) is 5.10 Å². The van der Waals surface area contributed by atoms with E-state index in [1.165, 1.54) is 29.2 Å². The molecule has 0 bridgehead atoms. The van der Waals surface area contributed by atoms with E-state index in [1.54, 1.807) is 24.3 Å². The van der Waals surface area contributed by atoms with Crippen LogP contribution in [0.1, 0.15) is 30.0 Å². The summed E-state index contributed by atoms with van der Waals surface area (Å²) >= 11 is 0. The fourth-order valence-electron chi connectivity index (χ4n) is 3.61. The van der Waals surface area contributed by atoms with Crippen molar-refractivity contribution < 1.29 is 9.13 Å². The summed E-state index contributed by atoms with van der Waals surface area (Å²) in [6.45, 7) is 1.38. The van der Waals surface area contributed by atoms with Crippen molar-refractivity contribution in [2.24, 2.45) is 10.7 Å². The molecule has 1 aromatic heterocycles. The number of nitrogens with zero attached hydrogens (tertiary/aromatic N) is 3. The van der Waals surface area contributed by atoms with Gasteiger partial charge in [0.05, 0.1) is 11.4 Å². The third-order valence-corrected chi connectivity index (χ3v) is 5.22. The maximum Gasteiger partial charge on any atom is 0.209 e. The summed E-state index contributed by atoms with van der Waals surface area (Å²) in [5.41, 5.74) is 7.47. The van der Waals surface area contributed by atoms with Crippen LogP contribution in [-0.2, 0) is 4.74 Å². The van der Waals surface area contributed by atoms with Crippen LogP contribution in [0.5, 0.6) is 0 Å². The molecule has 158 valence electrons. The predicted octanol–water partition coefficient (Wildman–Crippen LogP) is 3.86. The number of allylic oxidation sites excluding steroid dienone is 1. The molecule has 0 unspecified atom stereocenters. The van der Waals surface area contributed by atoms with Crippen LogP contribution in [0.4, 0.5) is 10.1 Å². The Bertz CT molecular complexity index is 1170. The molecule has 7 heteroatoms. The number of para-hydroxylation sites is 1. The van der Waals surface area contributed by atoms with E-state index in [4.69, 9.17) is 10.5 Å². The average molecular weight is 418 g/mol. The molecule has 2 N–H and O–H groups in total. The number of aliphatic imine (C=N–C) groups is 1. The van der Waals surface area contributed by atoms with Gasteiger partial charge in [-0.3, -0.25) is 4.79 Å². The molecule has 31 heavy (non-hydrogen) atoms. The zero-order valence-corrected chi connectivity index (χ0v) is 16.9. The third-order valence-electron chi connectivity index (χ3n) is 5.22. The summed E-state index contributed by atoms with van der Waals surface area (Å²) in [5.74, 6) is -0.115. The Morgan fingerprint density at radius 3 is 2.65 bits per heavy atom. The number of ether oxygens (including phenoxy) is 1. The van der Waals surface area contributed by atoms with Crippen LogP contribution < -0.4 is 11.2 Å². The summed E-state index contributed by atoms with van der Waals surface area (Å²) < 4.78 is 21.7. The van der Waals surface area contributed by atoms with E-state index in [9.17, 15) is 9.18 Å². The SMILES string of the molecule is NC=CC(=Nc1ccccc1)c1nn(-c2ccc(C3CCOCC3)cc2F)ccc1=O. The smallest absolute Gasteiger partial charge is 0.209 e. The van der Waals surface area contributed by atoms with Crippen molar-refractivity contribution in [2.75, 3.05) is 13.2 Å². The number of hydrogen-bond acceptors (Lipinski definition) is 5. The normalized spacial score (nSPS) is 15.5. The van der Waals surface area contributed by atoms with Crippen LogP contribution >= 0.6 is 0 Å². The fraction of sp³-hybridized carbons (Fsp3) is 0.208. The van der Waals surface area contributed by atoms with E-state index in [2.05, 4.69) is 10.1 Å². The van der Waals surface area contributed by atoms with Crippen LogP contribution in [0.2, 0.25) is 0 Å². The lowest BCUT2D eigenvalue weighted by Crippen LogP contribution is -2.21. The molecule has 2 aromatic carbocycles. The van der Waals surface area contributed by atoms with Gasteiger partial charge in [-0.25, -0.2) is 14.1 Å². The number of rotatable bonds is 5. The largest absolute Gasteiger partial charge is 0.405 e. The van der Waals surface area contributed by atoms with Crippen LogP contribution in [0.15, 0.2) is 82.9 Å². The number of nitrogens with two attached hydrogens (primary N) is 1. The minimum atomic E-state index is -0.401. The Morgan fingerprint density at radius 2 is 1.94 bits per heavy atom. The molecule has 1 aliphatic rings. The molecule has 6 nitrogen and oxygen atoms in total. The summed E-state index contributed by atoms with van der Waals surface area (Å²) in [5, 5.41) is 4.37. The molecule has 0 spiro atoms. The highest BCUT2D eigenvalue weighted by Crippen LogP contribution is 2.28. The summed E-state index contributed by atoms with van der Waals surface area (Å²) in [6.07, 6.45) is 6.01. The standard InChI is InChI=1S/C24H23FN4O2/c25-20-16-18(17-10-14-31-15-11-17)6-7-22(20)29-13-9-23(30)24(28-29)21(8-12-26)27-19-4-2-1-3-5-19/h1-9,12-13,16-17H,10-11,14-15,26H2. The molecule has 3 aromatic rings. The first-order valence-corrected chi connectivity index (χ1v) is 10.2. The summed E-state index contributed by atoms with van der Waals surface area (Å²) in [4.78, 5) is 17.0. The molecule has 0 atom stereocenters. The Labute approximate surface area is 179 Å². The lowest BCUT2D eigenvalue weighted by molar-refractivity contribution is 0.0853. The highest BCUT2D eigenvalue weighted by molar-refractivity contribution is 6.08. The van der Waals surface area contributed by atoms with Gasteiger partial charge >= 0.3 is 0 Å². The first kappa shape index (κ1) is 20.7. The van der Waals surface area contributed by atoms with Gasteiger partial charge in [0.25, 0.3) is 0 Å². The van der Waals surface area contributed by atoms with E-state index in [0.717, 1.165) is 18.4 Å². The third kappa shape index (κ3) is 4.78. The van der Waals surface area contributed by atoms with E-state index in [-0.39, 0.29) is 22.7 Å². The molecule has 0 saturated carbocycles. The number of halogens is 1. The van der Waals surface area contributed by atoms with Gasteiger partial charge in [-0.15, -0.1) is 0 Å². The summed E-state index contributed by atoms with van der Waals surface area (Å²) in [6, 6.07) is 15.7. The Balaban J connectivity index is 1.72. The highest BCUT2D eigenvalue weighted by atomic mass is 19.1. The molecular formula is C24H23FN4O2. The van der Waals surface area contributed by atoms with Crippen molar-refractivity contribution in [1.29, 1.82) is 0 Å². The van der Waals surface area contributed by atoms with Crippen LogP contribution in [0, 0.1) is 5.82 Å². The van der Waals surface area contributed by atoms with Crippen LogP contribution in [-0.4, -0.2) is 28.7 Å². The van der Waals surface area contributed by atoms with E-state index < -0.39 is 5.82 Å². The maximum atomic E-state index is 15.0. The topological polar surface area (TPSA) is 82.5 Å². The van der Waals surface area contributed by atoms with Crippen LogP contribution in [0.25, 0.3) is 5.69 Å². The number of hydrogen-bond donors (Lipinski definition) is 1. The highest BCUT2D eigenvalue weighted by Gasteiger charge is 2.18. The van der Waals surface area contributed by atoms with Crippen LogP contribution in [0.3, 0.4) is 0 Å². The van der Waals surface area contributed by atoms with Gasteiger partial charge < -0.3 is 10.5 Å². The monoisotopic (exact) mass is 418 g/mol. The molecule has 0 amide bonds. The second kappa shape index (κ2) is 9.49. The zero-order chi connectivity index (χ0) is 21.6. The van der Waals surface area contributed by atoms with Crippen molar-refractivity contribution in [3.8, 4) is 5.69 Å². The van der Waals surface area contributed by atoms with Gasteiger partial charge in [-0.1, -0.05) is 24.3 Å². The van der Waals surface area contributed by atoms with E-state index >= 15 is 0 Å². The molecule has 1 aliphatic heterocycles.